The second-order valence-electron chi connectivity index (χ2n) is 5.41. The van der Waals surface area contributed by atoms with Crippen molar-refractivity contribution in [2.24, 2.45) is 0 Å². The Labute approximate surface area is 124 Å². The average Bonchev–Trinajstić information content (AvgIpc) is 2.97. The minimum atomic E-state index is -0.418. The molecule has 2 fully saturated rings. The molecule has 2 saturated heterocycles. The fourth-order valence-electron chi connectivity index (χ4n) is 2.79. The number of likely N-dealkylation sites (tertiary alicyclic amines) is 1. The fraction of sp³-hybridized carbons (Fsp3) is 0.600. The van der Waals surface area contributed by atoms with Crippen molar-refractivity contribution in [1.29, 1.82) is 0 Å². The summed E-state index contributed by atoms with van der Waals surface area (Å²) < 4.78 is 11.3. The molecule has 1 N–H and O–H groups in total. The van der Waals surface area contributed by atoms with Crippen LogP contribution >= 0.6 is 0 Å². The topological polar surface area (TPSA) is 63.7 Å². The highest BCUT2D eigenvalue weighted by atomic mass is 16.7. The second kappa shape index (κ2) is 6.51. The summed E-state index contributed by atoms with van der Waals surface area (Å²) in [5.41, 5.74) is 0.940. The van der Waals surface area contributed by atoms with Gasteiger partial charge in [0, 0.05) is 38.7 Å². The number of amides is 1. The fourth-order valence-corrected chi connectivity index (χ4v) is 2.79. The van der Waals surface area contributed by atoms with Crippen molar-refractivity contribution < 1.29 is 14.3 Å². The van der Waals surface area contributed by atoms with Crippen LogP contribution in [0, 0.1) is 0 Å². The highest BCUT2D eigenvalue weighted by Crippen LogP contribution is 2.31. The first-order valence-corrected chi connectivity index (χ1v) is 7.44. The summed E-state index contributed by atoms with van der Waals surface area (Å²) in [4.78, 5) is 18.2. The predicted molar refractivity (Wildman–Crippen MR) is 76.4 cm³/mol. The maximum atomic E-state index is 12.2. The summed E-state index contributed by atoms with van der Waals surface area (Å²) in [5, 5.41) is 3.14. The van der Waals surface area contributed by atoms with Crippen LogP contribution in [0.1, 0.15) is 18.5 Å². The molecular weight excluding hydrogens is 270 g/mol. The summed E-state index contributed by atoms with van der Waals surface area (Å²) in [6.07, 6.45) is 3.28. The Balaban J connectivity index is 1.40. The largest absolute Gasteiger partial charge is 0.347 e. The first kappa shape index (κ1) is 14.4. The molecule has 21 heavy (non-hydrogen) atoms. The average molecular weight is 291 g/mol. The Morgan fingerprint density at radius 1 is 1.29 bits per heavy atom. The first-order valence-electron chi connectivity index (χ1n) is 7.44. The molecule has 0 aromatic carbocycles. The third kappa shape index (κ3) is 3.58. The highest BCUT2D eigenvalue weighted by molar-refractivity contribution is 5.78. The molecule has 114 valence electrons. The van der Waals surface area contributed by atoms with Crippen LogP contribution in [0.25, 0.3) is 0 Å². The molecule has 1 spiro atoms. The number of carbonyl (C=O) groups excluding carboxylic acids is 1. The molecular formula is C15H21N3O3. The zero-order valence-corrected chi connectivity index (χ0v) is 12.1. The zero-order valence-electron chi connectivity index (χ0n) is 12.1. The Morgan fingerprint density at radius 2 is 2.05 bits per heavy atom. The molecule has 0 bridgehead atoms. The van der Waals surface area contributed by atoms with Gasteiger partial charge in [-0.15, -0.1) is 0 Å². The van der Waals surface area contributed by atoms with E-state index in [0.717, 1.165) is 18.5 Å². The van der Waals surface area contributed by atoms with Gasteiger partial charge in [-0.3, -0.25) is 9.78 Å². The normalized spacial score (nSPS) is 20.9. The summed E-state index contributed by atoms with van der Waals surface area (Å²) >= 11 is 0. The maximum absolute atomic E-state index is 12.2. The Bertz CT molecular complexity index is 464. The van der Waals surface area contributed by atoms with Crippen molar-refractivity contribution in [1.82, 2.24) is 15.2 Å². The van der Waals surface area contributed by atoms with Gasteiger partial charge in [-0.1, -0.05) is 6.07 Å². The zero-order chi connectivity index (χ0) is 14.5. The number of ether oxygens (including phenoxy) is 2. The number of piperidine rings is 1. The maximum Gasteiger partial charge on any atom is 0.236 e. The van der Waals surface area contributed by atoms with E-state index in [1.165, 1.54) is 0 Å². The van der Waals surface area contributed by atoms with Crippen molar-refractivity contribution in [3.05, 3.63) is 30.1 Å². The monoisotopic (exact) mass is 291 g/mol. The Hall–Kier alpha value is -1.50. The molecule has 6 heteroatoms. The predicted octanol–water partition coefficient (Wildman–Crippen LogP) is 0.537. The van der Waals surface area contributed by atoms with E-state index in [1.807, 2.05) is 23.1 Å². The molecule has 3 rings (SSSR count). The molecule has 2 aliphatic heterocycles. The van der Waals surface area contributed by atoms with Crippen molar-refractivity contribution >= 4 is 5.91 Å². The van der Waals surface area contributed by atoms with E-state index in [4.69, 9.17) is 9.47 Å². The van der Waals surface area contributed by atoms with Crippen LogP contribution in [0.15, 0.2) is 24.4 Å². The lowest BCUT2D eigenvalue weighted by Gasteiger charge is -2.37. The lowest BCUT2D eigenvalue weighted by Crippen LogP contribution is -2.49. The summed E-state index contributed by atoms with van der Waals surface area (Å²) in [5.74, 6) is -0.295. The van der Waals surface area contributed by atoms with Crippen LogP contribution in [-0.2, 0) is 20.8 Å². The molecule has 0 radical (unpaired) electrons. The minimum Gasteiger partial charge on any atom is -0.347 e. The van der Waals surface area contributed by atoms with Crippen molar-refractivity contribution in [3.63, 3.8) is 0 Å². The number of hydrogen-bond acceptors (Lipinski definition) is 5. The molecule has 1 aromatic heterocycles. The molecule has 6 nitrogen and oxygen atoms in total. The second-order valence-corrected chi connectivity index (χ2v) is 5.41. The van der Waals surface area contributed by atoms with Crippen LogP contribution in [0.2, 0.25) is 0 Å². The van der Waals surface area contributed by atoms with Gasteiger partial charge in [0.1, 0.15) is 0 Å². The van der Waals surface area contributed by atoms with E-state index in [1.54, 1.807) is 6.20 Å². The van der Waals surface area contributed by atoms with Gasteiger partial charge in [-0.2, -0.15) is 0 Å². The van der Waals surface area contributed by atoms with E-state index in [9.17, 15) is 4.79 Å². The van der Waals surface area contributed by atoms with E-state index < -0.39 is 5.79 Å². The number of nitrogens with zero attached hydrogens (tertiary/aromatic N) is 2. The van der Waals surface area contributed by atoms with Crippen molar-refractivity contribution in [2.45, 2.75) is 25.2 Å². The van der Waals surface area contributed by atoms with Gasteiger partial charge >= 0.3 is 0 Å². The molecule has 1 aromatic rings. The minimum absolute atomic E-state index is 0.124. The van der Waals surface area contributed by atoms with Gasteiger partial charge in [0.15, 0.2) is 5.79 Å². The van der Waals surface area contributed by atoms with E-state index >= 15 is 0 Å². The van der Waals surface area contributed by atoms with Gasteiger partial charge in [0.2, 0.25) is 5.91 Å². The van der Waals surface area contributed by atoms with E-state index in [0.29, 0.717) is 39.4 Å². The van der Waals surface area contributed by atoms with Gasteiger partial charge in [0.05, 0.1) is 25.5 Å². The van der Waals surface area contributed by atoms with Gasteiger partial charge < -0.3 is 19.7 Å². The highest BCUT2D eigenvalue weighted by Gasteiger charge is 2.40. The standard InChI is InChI=1S/C15H21N3O3/c19-14(12-16-11-13-3-1-2-6-17-13)18-7-4-15(5-8-18)20-9-10-21-15/h1-3,6,16H,4-5,7-12H2. The summed E-state index contributed by atoms with van der Waals surface area (Å²) in [6.45, 7) is 3.68. The third-order valence-corrected chi connectivity index (χ3v) is 4.00. The number of rotatable bonds is 4. The summed E-state index contributed by atoms with van der Waals surface area (Å²) in [7, 11) is 0. The summed E-state index contributed by atoms with van der Waals surface area (Å²) in [6, 6.07) is 5.76. The number of aromatic nitrogens is 1. The number of nitrogens with one attached hydrogen (secondary N) is 1. The molecule has 2 aliphatic rings. The number of pyridine rings is 1. The van der Waals surface area contributed by atoms with Crippen molar-refractivity contribution in [3.8, 4) is 0 Å². The van der Waals surface area contributed by atoms with Gasteiger partial charge in [0.25, 0.3) is 0 Å². The van der Waals surface area contributed by atoms with Crippen LogP contribution in [-0.4, -0.2) is 54.4 Å². The lowest BCUT2D eigenvalue weighted by molar-refractivity contribution is -0.187. The first-order chi connectivity index (χ1) is 10.3. The molecule has 0 saturated carbocycles. The Kier molecular flexibility index (Phi) is 4.48. The van der Waals surface area contributed by atoms with Gasteiger partial charge in [-0.25, -0.2) is 0 Å². The van der Waals surface area contributed by atoms with E-state index in [-0.39, 0.29) is 5.91 Å². The van der Waals surface area contributed by atoms with Crippen LogP contribution in [0.4, 0.5) is 0 Å². The van der Waals surface area contributed by atoms with E-state index in [2.05, 4.69) is 10.3 Å². The third-order valence-electron chi connectivity index (χ3n) is 4.00. The van der Waals surface area contributed by atoms with Crippen molar-refractivity contribution in [2.75, 3.05) is 32.8 Å². The van der Waals surface area contributed by atoms with Crippen LogP contribution in [0.3, 0.4) is 0 Å². The molecule has 1 amide bonds. The molecule has 3 heterocycles. The number of hydrogen-bond donors (Lipinski definition) is 1. The number of carbonyl (C=O) groups is 1. The van der Waals surface area contributed by atoms with Crippen LogP contribution in [0.5, 0.6) is 0 Å². The Morgan fingerprint density at radius 3 is 2.71 bits per heavy atom. The molecule has 0 unspecified atom stereocenters. The van der Waals surface area contributed by atoms with Crippen LogP contribution < -0.4 is 5.32 Å². The quantitative estimate of drug-likeness (QED) is 0.877. The SMILES string of the molecule is O=C(CNCc1ccccn1)N1CCC2(CC1)OCCO2. The smallest absolute Gasteiger partial charge is 0.236 e. The lowest BCUT2D eigenvalue weighted by atomic mass is 10.0. The molecule has 0 aliphatic carbocycles. The van der Waals surface area contributed by atoms with Gasteiger partial charge in [-0.05, 0) is 12.1 Å². The molecule has 0 atom stereocenters.